The fourth-order valence-corrected chi connectivity index (χ4v) is 1.86. The van der Waals surface area contributed by atoms with Crippen molar-refractivity contribution in [2.45, 2.75) is 12.8 Å². The van der Waals surface area contributed by atoms with Crippen molar-refractivity contribution in [2.75, 3.05) is 11.9 Å². The molecule has 5 heteroatoms. The normalized spacial score (nSPS) is 10.7. The summed E-state index contributed by atoms with van der Waals surface area (Å²) in [6.45, 7) is 0.645. The van der Waals surface area contributed by atoms with Gasteiger partial charge in [-0.2, -0.15) is 5.26 Å². The number of aryl methyl sites for hydroxylation is 1. The van der Waals surface area contributed by atoms with Crippen molar-refractivity contribution in [1.82, 2.24) is 10.3 Å². The van der Waals surface area contributed by atoms with Crippen molar-refractivity contribution in [2.24, 2.45) is 4.99 Å². The lowest BCUT2D eigenvalue weighted by molar-refractivity contribution is 0.830. The predicted octanol–water partition coefficient (Wildman–Crippen LogP) is 2.55. The van der Waals surface area contributed by atoms with Crippen LogP contribution in [0, 0.1) is 11.5 Å². The van der Waals surface area contributed by atoms with E-state index in [1.165, 1.54) is 5.56 Å². The summed E-state index contributed by atoms with van der Waals surface area (Å²) in [5.74, 6) is 0.443. The van der Waals surface area contributed by atoms with Crippen LogP contribution in [0.2, 0.25) is 0 Å². The minimum atomic E-state index is 0.443. The van der Waals surface area contributed by atoms with Crippen LogP contribution in [0.4, 0.5) is 5.69 Å². The Labute approximate surface area is 124 Å². The second-order valence-electron chi connectivity index (χ2n) is 4.42. The van der Waals surface area contributed by atoms with Crippen LogP contribution in [0.15, 0.2) is 59.9 Å². The summed E-state index contributed by atoms with van der Waals surface area (Å²) in [5.41, 5.74) is 2.09. The fraction of sp³-hybridized carbons (Fsp3) is 0.188. The topological polar surface area (TPSA) is 73.1 Å². The highest BCUT2D eigenvalue weighted by molar-refractivity contribution is 5.94. The Balaban J connectivity index is 1.85. The summed E-state index contributed by atoms with van der Waals surface area (Å²) in [4.78, 5) is 8.37. The van der Waals surface area contributed by atoms with E-state index in [-0.39, 0.29) is 0 Å². The highest BCUT2D eigenvalue weighted by atomic mass is 15.2. The number of hydrogen-bond donors (Lipinski definition) is 2. The molecule has 21 heavy (non-hydrogen) atoms. The Morgan fingerprint density at radius 2 is 2.05 bits per heavy atom. The van der Waals surface area contributed by atoms with Gasteiger partial charge in [0.05, 0.1) is 11.9 Å². The first-order valence-corrected chi connectivity index (χ1v) is 6.79. The Hall–Kier alpha value is -2.87. The maximum atomic E-state index is 8.75. The standard InChI is InChI=1S/C16H17N5/c17-13-20-16(21-15-9-5-10-18-12-15)19-11-4-8-14-6-2-1-3-7-14/h1-3,5-7,9-10,12H,4,8,11H2,(H2,19,20,21). The molecule has 0 aliphatic carbocycles. The fourth-order valence-electron chi connectivity index (χ4n) is 1.86. The number of hydrogen-bond acceptors (Lipinski definition) is 3. The van der Waals surface area contributed by atoms with Gasteiger partial charge in [-0.25, -0.2) is 0 Å². The molecule has 0 unspecified atom stereocenters. The summed E-state index contributed by atoms with van der Waals surface area (Å²) in [5, 5.41) is 14.3. The van der Waals surface area contributed by atoms with Crippen molar-refractivity contribution < 1.29 is 0 Å². The molecule has 1 aromatic carbocycles. The molecule has 0 aliphatic rings. The van der Waals surface area contributed by atoms with Crippen molar-refractivity contribution in [3.8, 4) is 6.19 Å². The number of nitrogens with zero attached hydrogens (tertiary/aromatic N) is 3. The zero-order valence-corrected chi connectivity index (χ0v) is 11.7. The SMILES string of the molecule is N#CNC(=NCCCc1ccccc1)Nc1cccnc1. The largest absolute Gasteiger partial charge is 0.324 e. The van der Waals surface area contributed by atoms with E-state index in [9.17, 15) is 0 Å². The minimum absolute atomic E-state index is 0.443. The maximum absolute atomic E-state index is 8.75. The number of pyridine rings is 1. The third-order valence-electron chi connectivity index (χ3n) is 2.83. The Bertz CT molecular complexity index is 602. The Morgan fingerprint density at radius 1 is 1.19 bits per heavy atom. The first-order chi connectivity index (χ1) is 10.4. The molecule has 0 atom stereocenters. The van der Waals surface area contributed by atoms with Crippen molar-refractivity contribution in [1.29, 1.82) is 5.26 Å². The van der Waals surface area contributed by atoms with Gasteiger partial charge in [-0.15, -0.1) is 0 Å². The number of nitrogens with one attached hydrogen (secondary N) is 2. The van der Waals surface area contributed by atoms with Gasteiger partial charge in [0.1, 0.15) is 0 Å². The van der Waals surface area contributed by atoms with E-state index in [2.05, 4.69) is 32.7 Å². The summed E-state index contributed by atoms with van der Waals surface area (Å²) in [6.07, 6.45) is 7.15. The smallest absolute Gasteiger partial charge is 0.209 e. The maximum Gasteiger partial charge on any atom is 0.209 e. The lowest BCUT2D eigenvalue weighted by Crippen LogP contribution is -2.27. The number of aliphatic imine (C=N–C) groups is 1. The van der Waals surface area contributed by atoms with Crippen LogP contribution in [0.5, 0.6) is 0 Å². The van der Waals surface area contributed by atoms with Crippen molar-refractivity contribution in [3.05, 3.63) is 60.4 Å². The third-order valence-corrected chi connectivity index (χ3v) is 2.83. The van der Waals surface area contributed by atoms with Crippen molar-refractivity contribution >= 4 is 11.6 Å². The van der Waals surface area contributed by atoms with Gasteiger partial charge in [-0.3, -0.25) is 15.3 Å². The van der Waals surface area contributed by atoms with Gasteiger partial charge >= 0.3 is 0 Å². The first kappa shape index (κ1) is 14.5. The molecule has 5 nitrogen and oxygen atoms in total. The zero-order chi connectivity index (χ0) is 14.8. The average Bonchev–Trinajstić information content (AvgIpc) is 2.54. The molecule has 0 radical (unpaired) electrons. The molecule has 0 fully saturated rings. The minimum Gasteiger partial charge on any atom is -0.324 e. The molecular weight excluding hydrogens is 262 g/mol. The van der Waals surface area contributed by atoms with Crippen LogP contribution >= 0.6 is 0 Å². The number of aromatic nitrogens is 1. The highest BCUT2D eigenvalue weighted by Crippen LogP contribution is 2.04. The Morgan fingerprint density at radius 3 is 2.76 bits per heavy atom. The number of nitriles is 1. The van der Waals surface area contributed by atoms with E-state index in [4.69, 9.17) is 5.26 Å². The molecule has 2 rings (SSSR count). The van der Waals surface area contributed by atoms with E-state index in [0.717, 1.165) is 18.5 Å². The third kappa shape index (κ3) is 5.33. The molecule has 106 valence electrons. The van der Waals surface area contributed by atoms with Gasteiger partial charge in [0.25, 0.3) is 0 Å². The molecule has 1 aromatic heterocycles. The number of anilines is 1. The quantitative estimate of drug-likeness (QED) is 0.290. The first-order valence-electron chi connectivity index (χ1n) is 6.79. The van der Waals surface area contributed by atoms with Crippen LogP contribution in [0.25, 0.3) is 0 Å². The second kappa shape index (κ2) is 8.33. The second-order valence-corrected chi connectivity index (χ2v) is 4.42. The van der Waals surface area contributed by atoms with Crippen LogP contribution in [-0.4, -0.2) is 17.5 Å². The van der Waals surface area contributed by atoms with E-state index < -0.39 is 0 Å². The molecule has 0 bridgehead atoms. The van der Waals surface area contributed by atoms with Crippen molar-refractivity contribution in [3.63, 3.8) is 0 Å². The van der Waals surface area contributed by atoms with Crippen LogP contribution in [0.1, 0.15) is 12.0 Å². The zero-order valence-electron chi connectivity index (χ0n) is 11.7. The van der Waals surface area contributed by atoms with Gasteiger partial charge < -0.3 is 5.32 Å². The van der Waals surface area contributed by atoms with Crippen LogP contribution in [0.3, 0.4) is 0 Å². The summed E-state index contributed by atoms with van der Waals surface area (Å²) in [6, 6.07) is 14.0. The molecule has 1 heterocycles. The summed E-state index contributed by atoms with van der Waals surface area (Å²) in [7, 11) is 0. The molecule has 0 aliphatic heterocycles. The lowest BCUT2D eigenvalue weighted by Gasteiger charge is -2.07. The molecular formula is C16H17N5. The molecule has 0 amide bonds. The summed E-state index contributed by atoms with van der Waals surface area (Å²) >= 11 is 0. The number of guanidine groups is 1. The van der Waals surface area contributed by atoms with E-state index >= 15 is 0 Å². The molecule has 0 spiro atoms. The van der Waals surface area contributed by atoms with Crippen LogP contribution < -0.4 is 10.6 Å². The molecule has 0 saturated heterocycles. The Kier molecular flexibility index (Phi) is 5.77. The van der Waals surface area contributed by atoms with Gasteiger partial charge in [0, 0.05) is 12.7 Å². The lowest BCUT2D eigenvalue weighted by atomic mass is 10.1. The van der Waals surface area contributed by atoms with Gasteiger partial charge in [0.15, 0.2) is 6.19 Å². The predicted molar refractivity (Wildman–Crippen MR) is 83.7 cm³/mol. The van der Waals surface area contributed by atoms with E-state index in [1.54, 1.807) is 12.4 Å². The molecule has 0 saturated carbocycles. The van der Waals surface area contributed by atoms with Gasteiger partial charge in [-0.05, 0) is 30.5 Å². The number of rotatable bonds is 5. The average molecular weight is 279 g/mol. The number of benzene rings is 1. The monoisotopic (exact) mass is 279 g/mol. The van der Waals surface area contributed by atoms with Crippen LogP contribution in [-0.2, 0) is 6.42 Å². The van der Waals surface area contributed by atoms with Gasteiger partial charge in [-0.1, -0.05) is 30.3 Å². The summed E-state index contributed by atoms with van der Waals surface area (Å²) < 4.78 is 0. The van der Waals surface area contributed by atoms with Gasteiger partial charge in [0.2, 0.25) is 5.96 Å². The highest BCUT2D eigenvalue weighted by Gasteiger charge is 1.99. The molecule has 2 aromatic rings. The molecule has 2 N–H and O–H groups in total. The van der Waals surface area contributed by atoms with E-state index in [0.29, 0.717) is 12.5 Å². The van der Waals surface area contributed by atoms with E-state index in [1.807, 2.05) is 36.5 Å².